The molecule has 84 valence electrons. The van der Waals surface area contributed by atoms with Crippen LogP contribution in [-0.2, 0) is 0 Å². The maximum atomic E-state index is 11.9. The number of hydrogen-bond donors (Lipinski definition) is 1. The highest BCUT2D eigenvalue weighted by molar-refractivity contribution is 6.21. The minimum Gasteiger partial charge on any atom is -0.328 e. The normalized spacial score (nSPS) is 16.5. The lowest BCUT2D eigenvalue weighted by molar-refractivity contribution is 0.0651. The van der Waals surface area contributed by atoms with E-state index >= 15 is 0 Å². The number of imide groups is 1. The fourth-order valence-electron chi connectivity index (χ4n) is 1.77. The molecule has 1 heterocycles. The molecule has 1 atom stereocenters. The van der Waals surface area contributed by atoms with E-state index in [0.29, 0.717) is 24.1 Å². The van der Waals surface area contributed by atoms with Crippen LogP contribution in [0.4, 0.5) is 0 Å². The number of carbonyl (C=O) groups excluding carboxylic acids is 2. The maximum absolute atomic E-state index is 11.9. The van der Waals surface area contributed by atoms with Crippen molar-refractivity contribution in [2.75, 3.05) is 6.54 Å². The fraction of sp³-hybridized carbons (Fsp3) is 0.333. The minimum atomic E-state index is -0.207. The van der Waals surface area contributed by atoms with Gasteiger partial charge in [-0.2, -0.15) is 0 Å². The van der Waals surface area contributed by atoms with Crippen molar-refractivity contribution in [2.45, 2.75) is 19.4 Å². The zero-order valence-corrected chi connectivity index (χ0v) is 9.14. The topological polar surface area (TPSA) is 63.4 Å². The van der Waals surface area contributed by atoms with Gasteiger partial charge in [-0.1, -0.05) is 12.1 Å². The van der Waals surface area contributed by atoms with Crippen LogP contribution in [0, 0.1) is 0 Å². The quantitative estimate of drug-likeness (QED) is 0.770. The molecule has 0 bridgehead atoms. The molecule has 2 amide bonds. The van der Waals surface area contributed by atoms with E-state index in [0.717, 1.165) is 0 Å². The van der Waals surface area contributed by atoms with E-state index in [2.05, 4.69) is 0 Å². The molecule has 0 fully saturated rings. The van der Waals surface area contributed by atoms with Crippen molar-refractivity contribution in [1.82, 2.24) is 4.90 Å². The summed E-state index contributed by atoms with van der Waals surface area (Å²) in [6.45, 7) is 2.25. The van der Waals surface area contributed by atoms with Crippen molar-refractivity contribution in [1.29, 1.82) is 0 Å². The van der Waals surface area contributed by atoms with Gasteiger partial charge in [0.15, 0.2) is 0 Å². The highest BCUT2D eigenvalue weighted by Crippen LogP contribution is 2.22. The highest BCUT2D eigenvalue weighted by Gasteiger charge is 2.34. The van der Waals surface area contributed by atoms with Crippen molar-refractivity contribution >= 4 is 11.8 Å². The molecule has 1 aliphatic rings. The number of amides is 2. The first-order chi connectivity index (χ1) is 7.61. The molecule has 4 heteroatoms. The van der Waals surface area contributed by atoms with Crippen molar-refractivity contribution in [3.05, 3.63) is 35.4 Å². The number of fused-ring (bicyclic) bond motifs is 1. The largest absolute Gasteiger partial charge is 0.328 e. The highest BCUT2D eigenvalue weighted by atomic mass is 16.2. The van der Waals surface area contributed by atoms with E-state index in [9.17, 15) is 9.59 Å². The van der Waals surface area contributed by atoms with Gasteiger partial charge in [-0.15, -0.1) is 0 Å². The van der Waals surface area contributed by atoms with Crippen LogP contribution in [0.5, 0.6) is 0 Å². The third-order valence-corrected chi connectivity index (χ3v) is 2.69. The van der Waals surface area contributed by atoms with Gasteiger partial charge < -0.3 is 5.73 Å². The molecule has 2 N–H and O–H groups in total. The predicted octanol–water partition coefficient (Wildman–Crippen LogP) is 1.02. The Morgan fingerprint density at radius 2 is 1.69 bits per heavy atom. The standard InChI is InChI=1S/C12H14N2O2/c1-8(13)6-7-14-11(15)9-4-2-3-5-10(9)12(14)16/h2-5,8H,6-7,13H2,1H3/t8-/m0/s1. The Balaban J connectivity index is 2.22. The Bertz CT molecular complexity index is 405. The van der Waals surface area contributed by atoms with E-state index < -0.39 is 0 Å². The third-order valence-electron chi connectivity index (χ3n) is 2.69. The van der Waals surface area contributed by atoms with Gasteiger partial charge in [-0.25, -0.2) is 0 Å². The first-order valence-electron chi connectivity index (χ1n) is 5.32. The first kappa shape index (κ1) is 10.8. The second-order valence-electron chi connectivity index (χ2n) is 4.07. The zero-order valence-electron chi connectivity index (χ0n) is 9.14. The molecule has 16 heavy (non-hydrogen) atoms. The van der Waals surface area contributed by atoms with Crippen LogP contribution < -0.4 is 5.73 Å². The molecule has 4 nitrogen and oxygen atoms in total. The maximum Gasteiger partial charge on any atom is 0.261 e. The molecule has 1 aromatic rings. The Hall–Kier alpha value is -1.68. The Labute approximate surface area is 94.0 Å². The lowest BCUT2D eigenvalue weighted by atomic mass is 10.1. The molecule has 0 saturated heterocycles. The Kier molecular flexibility index (Phi) is 2.75. The number of hydrogen-bond acceptors (Lipinski definition) is 3. The summed E-state index contributed by atoms with van der Waals surface area (Å²) in [4.78, 5) is 25.0. The van der Waals surface area contributed by atoms with Crippen LogP contribution in [0.2, 0.25) is 0 Å². The van der Waals surface area contributed by atoms with E-state index in [4.69, 9.17) is 5.73 Å². The van der Waals surface area contributed by atoms with Crippen molar-refractivity contribution < 1.29 is 9.59 Å². The van der Waals surface area contributed by atoms with Gasteiger partial charge >= 0.3 is 0 Å². The molecule has 0 unspecified atom stereocenters. The smallest absolute Gasteiger partial charge is 0.261 e. The average molecular weight is 218 g/mol. The Morgan fingerprint density at radius 3 is 2.12 bits per heavy atom. The lowest BCUT2D eigenvalue weighted by Crippen LogP contribution is -2.33. The van der Waals surface area contributed by atoms with E-state index in [1.54, 1.807) is 24.3 Å². The van der Waals surface area contributed by atoms with Crippen LogP contribution >= 0.6 is 0 Å². The summed E-state index contributed by atoms with van der Waals surface area (Å²) in [5, 5.41) is 0. The van der Waals surface area contributed by atoms with E-state index in [1.807, 2.05) is 6.92 Å². The molecule has 2 rings (SSSR count). The summed E-state index contributed by atoms with van der Waals surface area (Å²) >= 11 is 0. The van der Waals surface area contributed by atoms with Gasteiger partial charge in [0.25, 0.3) is 11.8 Å². The van der Waals surface area contributed by atoms with Crippen molar-refractivity contribution in [3.63, 3.8) is 0 Å². The summed E-state index contributed by atoms with van der Waals surface area (Å²) in [7, 11) is 0. The molecular formula is C12H14N2O2. The van der Waals surface area contributed by atoms with Gasteiger partial charge in [0.05, 0.1) is 11.1 Å². The minimum absolute atomic E-state index is 0.00990. The Morgan fingerprint density at radius 1 is 1.19 bits per heavy atom. The number of benzene rings is 1. The SMILES string of the molecule is C[C@H](N)CCN1C(=O)c2ccccc2C1=O. The summed E-state index contributed by atoms with van der Waals surface area (Å²) in [6.07, 6.45) is 0.630. The molecular weight excluding hydrogens is 204 g/mol. The summed E-state index contributed by atoms with van der Waals surface area (Å²) < 4.78 is 0. The summed E-state index contributed by atoms with van der Waals surface area (Å²) in [5.74, 6) is -0.414. The third kappa shape index (κ3) is 1.72. The number of carbonyl (C=O) groups is 2. The summed E-state index contributed by atoms with van der Waals surface area (Å²) in [6, 6.07) is 6.88. The van der Waals surface area contributed by atoms with Crippen LogP contribution in [0.3, 0.4) is 0 Å². The molecule has 0 aliphatic carbocycles. The molecule has 1 aliphatic heterocycles. The summed E-state index contributed by atoms with van der Waals surface area (Å²) in [5.41, 5.74) is 6.61. The average Bonchev–Trinajstić information content (AvgIpc) is 2.50. The molecule has 1 aromatic carbocycles. The molecule has 0 radical (unpaired) electrons. The van der Waals surface area contributed by atoms with Crippen LogP contribution in [0.1, 0.15) is 34.1 Å². The van der Waals surface area contributed by atoms with Crippen LogP contribution in [0.25, 0.3) is 0 Å². The van der Waals surface area contributed by atoms with Gasteiger partial charge in [-0.05, 0) is 25.5 Å². The zero-order chi connectivity index (χ0) is 11.7. The van der Waals surface area contributed by atoms with Crippen LogP contribution in [-0.4, -0.2) is 29.3 Å². The monoisotopic (exact) mass is 218 g/mol. The second-order valence-corrected chi connectivity index (χ2v) is 4.07. The number of nitrogens with zero attached hydrogens (tertiary/aromatic N) is 1. The van der Waals surface area contributed by atoms with Gasteiger partial charge in [0.1, 0.15) is 0 Å². The van der Waals surface area contributed by atoms with Gasteiger partial charge in [-0.3, -0.25) is 14.5 Å². The molecule has 0 saturated carbocycles. The van der Waals surface area contributed by atoms with E-state index in [-0.39, 0.29) is 17.9 Å². The molecule has 0 aromatic heterocycles. The number of nitrogens with two attached hydrogens (primary N) is 1. The van der Waals surface area contributed by atoms with Gasteiger partial charge in [0, 0.05) is 12.6 Å². The first-order valence-corrected chi connectivity index (χ1v) is 5.32. The lowest BCUT2D eigenvalue weighted by Gasteiger charge is -2.14. The van der Waals surface area contributed by atoms with Crippen molar-refractivity contribution in [2.24, 2.45) is 5.73 Å². The van der Waals surface area contributed by atoms with Crippen molar-refractivity contribution in [3.8, 4) is 0 Å². The second kappa shape index (κ2) is 4.06. The van der Waals surface area contributed by atoms with Crippen LogP contribution in [0.15, 0.2) is 24.3 Å². The fourth-order valence-corrected chi connectivity index (χ4v) is 1.77. The molecule has 0 spiro atoms. The predicted molar refractivity (Wildman–Crippen MR) is 60.1 cm³/mol. The van der Waals surface area contributed by atoms with Gasteiger partial charge in [0.2, 0.25) is 0 Å². The van der Waals surface area contributed by atoms with E-state index in [1.165, 1.54) is 4.90 Å². The number of rotatable bonds is 3.